The number of benzene rings is 2. The largest absolute Gasteiger partial charge is 0.326 e. The van der Waals surface area contributed by atoms with Crippen LogP contribution in [0, 0.1) is 5.82 Å². The van der Waals surface area contributed by atoms with Gasteiger partial charge in [-0.25, -0.2) is 4.39 Å². The number of amides is 1. The van der Waals surface area contributed by atoms with Gasteiger partial charge in [-0.05, 0) is 42.5 Å². The van der Waals surface area contributed by atoms with Gasteiger partial charge in [0.05, 0.1) is 11.0 Å². The van der Waals surface area contributed by atoms with Gasteiger partial charge in [-0.15, -0.1) is 0 Å². The maximum atomic E-state index is 13.2. The number of nitrogens with zero attached hydrogens (tertiary/aromatic N) is 2. The summed E-state index contributed by atoms with van der Waals surface area (Å²) in [4.78, 5) is 25.0. The van der Waals surface area contributed by atoms with Crippen molar-refractivity contribution in [2.75, 3.05) is 5.32 Å². The fourth-order valence-electron chi connectivity index (χ4n) is 3.13. The summed E-state index contributed by atoms with van der Waals surface area (Å²) >= 11 is 0. The molecule has 5 nitrogen and oxygen atoms in total. The van der Waals surface area contributed by atoms with Gasteiger partial charge in [0.15, 0.2) is 0 Å². The zero-order valence-corrected chi connectivity index (χ0v) is 13.9. The molecule has 4 aromatic rings. The highest BCUT2D eigenvalue weighted by Crippen LogP contribution is 2.15. The molecule has 2 heterocycles. The van der Waals surface area contributed by atoms with E-state index in [1.165, 1.54) is 18.2 Å². The van der Waals surface area contributed by atoms with Gasteiger partial charge >= 0.3 is 0 Å². The van der Waals surface area contributed by atoms with E-state index in [-0.39, 0.29) is 24.4 Å². The Hall–Kier alpha value is -3.41. The molecule has 0 aliphatic rings. The number of para-hydroxylation sites is 2. The maximum absolute atomic E-state index is 13.2. The van der Waals surface area contributed by atoms with Crippen LogP contribution in [0.5, 0.6) is 0 Å². The third-order valence-electron chi connectivity index (χ3n) is 4.32. The fourth-order valence-corrected chi connectivity index (χ4v) is 3.13. The number of anilines is 1. The number of fused-ring (bicyclic) bond motifs is 3. The average Bonchev–Trinajstić information content (AvgIpc) is 3.12. The van der Waals surface area contributed by atoms with Crippen LogP contribution in [0.4, 0.5) is 10.1 Å². The van der Waals surface area contributed by atoms with Crippen molar-refractivity contribution >= 4 is 28.1 Å². The van der Waals surface area contributed by atoms with Crippen molar-refractivity contribution in [2.45, 2.75) is 13.0 Å². The van der Waals surface area contributed by atoms with E-state index in [0.29, 0.717) is 11.2 Å². The van der Waals surface area contributed by atoms with Crippen molar-refractivity contribution in [3.8, 4) is 0 Å². The van der Waals surface area contributed by atoms with Crippen LogP contribution in [0.15, 0.2) is 71.7 Å². The maximum Gasteiger partial charge on any atom is 0.275 e. The van der Waals surface area contributed by atoms with Crippen LogP contribution in [0.1, 0.15) is 6.42 Å². The van der Waals surface area contributed by atoms with Crippen molar-refractivity contribution in [3.05, 3.63) is 83.0 Å². The standard InChI is InChI=1S/C20H16FN3O2/c21-14-5-3-6-15(13-14)22-19(25)10-12-24-17-8-2-1-7-16(17)23-11-4-9-18(23)20(24)26/h1-9,11,13H,10,12H2,(H,22,25). The Morgan fingerprint density at radius 1 is 0.962 bits per heavy atom. The molecule has 0 atom stereocenters. The number of aryl methyl sites for hydroxylation is 1. The van der Waals surface area contributed by atoms with E-state index in [1.54, 1.807) is 16.7 Å². The van der Waals surface area contributed by atoms with E-state index in [9.17, 15) is 14.0 Å². The van der Waals surface area contributed by atoms with Gasteiger partial charge in [-0.3, -0.25) is 9.59 Å². The lowest BCUT2D eigenvalue weighted by molar-refractivity contribution is -0.116. The van der Waals surface area contributed by atoms with E-state index in [4.69, 9.17) is 0 Å². The molecule has 0 saturated heterocycles. The summed E-state index contributed by atoms with van der Waals surface area (Å²) in [6, 6.07) is 16.9. The summed E-state index contributed by atoms with van der Waals surface area (Å²) in [5.41, 5.74) is 2.48. The Morgan fingerprint density at radius 3 is 2.54 bits per heavy atom. The second kappa shape index (κ2) is 6.48. The van der Waals surface area contributed by atoms with Crippen molar-refractivity contribution in [2.24, 2.45) is 0 Å². The first-order valence-electron chi connectivity index (χ1n) is 8.27. The van der Waals surface area contributed by atoms with Gasteiger partial charge in [0, 0.05) is 24.8 Å². The van der Waals surface area contributed by atoms with Gasteiger partial charge in [0.1, 0.15) is 11.3 Å². The van der Waals surface area contributed by atoms with Crippen LogP contribution in [-0.2, 0) is 11.3 Å². The Balaban J connectivity index is 1.63. The fraction of sp³-hybridized carbons (Fsp3) is 0.100. The topological polar surface area (TPSA) is 55.5 Å². The molecule has 0 saturated carbocycles. The smallest absolute Gasteiger partial charge is 0.275 e. The quantitative estimate of drug-likeness (QED) is 0.614. The average molecular weight is 349 g/mol. The van der Waals surface area contributed by atoms with Crippen LogP contribution in [-0.4, -0.2) is 14.9 Å². The number of nitrogens with one attached hydrogen (secondary N) is 1. The van der Waals surface area contributed by atoms with Crippen molar-refractivity contribution < 1.29 is 9.18 Å². The molecule has 0 aliphatic carbocycles. The zero-order valence-electron chi connectivity index (χ0n) is 13.9. The lowest BCUT2D eigenvalue weighted by Crippen LogP contribution is -2.25. The first kappa shape index (κ1) is 16.1. The van der Waals surface area contributed by atoms with E-state index in [1.807, 2.05) is 40.9 Å². The lowest BCUT2D eigenvalue weighted by Gasteiger charge is -2.12. The first-order valence-corrected chi connectivity index (χ1v) is 8.27. The summed E-state index contributed by atoms with van der Waals surface area (Å²) in [5.74, 6) is -0.689. The molecule has 1 N–H and O–H groups in total. The normalized spacial score (nSPS) is 11.1. The van der Waals surface area contributed by atoms with Crippen molar-refractivity contribution in [1.29, 1.82) is 0 Å². The minimum atomic E-state index is -0.413. The molecule has 0 unspecified atom stereocenters. The highest BCUT2D eigenvalue weighted by Gasteiger charge is 2.11. The second-order valence-electron chi connectivity index (χ2n) is 6.02. The summed E-state index contributed by atoms with van der Waals surface area (Å²) in [7, 11) is 0. The number of carbonyl (C=O) groups is 1. The molecule has 4 rings (SSSR count). The molecular weight excluding hydrogens is 333 g/mol. The van der Waals surface area contributed by atoms with Crippen LogP contribution in [0.3, 0.4) is 0 Å². The number of hydrogen-bond acceptors (Lipinski definition) is 2. The number of carbonyl (C=O) groups excluding carboxylic acids is 1. The molecule has 2 aromatic carbocycles. The third-order valence-corrected chi connectivity index (χ3v) is 4.32. The summed E-state index contributed by atoms with van der Waals surface area (Å²) in [5, 5.41) is 2.65. The number of rotatable bonds is 4. The van der Waals surface area contributed by atoms with E-state index in [0.717, 1.165) is 11.0 Å². The van der Waals surface area contributed by atoms with Crippen LogP contribution >= 0.6 is 0 Å². The van der Waals surface area contributed by atoms with Crippen LogP contribution in [0.25, 0.3) is 16.6 Å². The van der Waals surface area contributed by atoms with E-state index >= 15 is 0 Å². The van der Waals surface area contributed by atoms with Gasteiger partial charge in [-0.2, -0.15) is 0 Å². The Labute approximate surface area is 148 Å². The predicted octanol–water partition coefficient (Wildman–Crippen LogP) is 3.42. The molecular formula is C20H16FN3O2. The monoisotopic (exact) mass is 349 g/mol. The molecule has 0 spiro atoms. The Morgan fingerprint density at radius 2 is 1.73 bits per heavy atom. The van der Waals surface area contributed by atoms with Gasteiger partial charge in [0.2, 0.25) is 5.91 Å². The molecule has 130 valence electrons. The summed E-state index contributed by atoms with van der Waals surface area (Å²) < 4.78 is 16.7. The SMILES string of the molecule is O=C(CCn1c(=O)c2cccn2c2ccccc21)Nc1cccc(F)c1. The minimum Gasteiger partial charge on any atom is -0.326 e. The molecule has 0 fully saturated rings. The minimum absolute atomic E-state index is 0.108. The molecule has 1 amide bonds. The third kappa shape index (κ3) is 2.86. The zero-order chi connectivity index (χ0) is 18.1. The number of hydrogen-bond donors (Lipinski definition) is 1. The van der Waals surface area contributed by atoms with Gasteiger partial charge in [-0.1, -0.05) is 18.2 Å². The van der Waals surface area contributed by atoms with Gasteiger partial charge < -0.3 is 14.3 Å². The summed E-state index contributed by atoms with van der Waals surface area (Å²) in [6.45, 7) is 0.238. The molecule has 0 bridgehead atoms. The highest BCUT2D eigenvalue weighted by atomic mass is 19.1. The Bertz CT molecular complexity index is 1180. The van der Waals surface area contributed by atoms with Crippen LogP contribution in [0.2, 0.25) is 0 Å². The van der Waals surface area contributed by atoms with Crippen molar-refractivity contribution in [3.63, 3.8) is 0 Å². The lowest BCUT2D eigenvalue weighted by atomic mass is 10.2. The highest BCUT2D eigenvalue weighted by molar-refractivity contribution is 5.90. The number of halogens is 1. The second-order valence-corrected chi connectivity index (χ2v) is 6.02. The van der Waals surface area contributed by atoms with Crippen LogP contribution < -0.4 is 10.9 Å². The molecule has 2 aromatic heterocycles. The molecule has 0 radical (unpaired) electrons. The first-order chi connectivity index (χ1) is 12.6. The van der Waals surface area contributed by atoms with Gasteiger partial charge in [0.25, 0.3) is 5.56 Å². The van der Waals surface area contributed by atoms with E-state index < -0.39 is 5.82 Å². The Kier molecular flexibility index (Phi) is 4.01. The van der Waals surface area contributed by atoms with E-state index in [2.05, 4.69) is 5.32 Å². The summed E-state index contributed by atoms with van der Waals surface area (Å²) in [6.07, 6.45) is 1.96. The van der Waals surface area contributed by atoms with Crippen molar-refractivity contribution in [1.82, 2.24) is 8.97 Å². The molecule has 6 heteroatoms. The number of aromatic nitrogens is 2. The molecule has 0 aliphatic heterocycles. The molecule has 26 heavy (non-hydrogen) atoms. The predicted molar refractivity (Wildman–Crippen MR) is 98.8 cm³/mol.